The molecule has 1 N–H and O–H groups in total. The monoisotopic (exact) mass is 392 g/mol. The SMILES string of the molecule is CCCCCCCCCCC[C@H](O)C[C@H]1OC(=O)[C@@H]1SCc1ccccc1. The molecule has 0 saturated carbocycles. The zero-order valence-electron chi connectivity index (χ0n) is 16.8. The number of cyclic esters (lactones) is 1. The Morgan fingerprint density at radius 3 is 2.26 bits per heavy atom. The van der Waals surface area contributed by atoms with Gasteiger partial charge < -0.3 is 9.84 Å². The Bertz CT molecular complexity index is 520. The number of carbonyl (C=O) groups is 1. The van der Waals surface area contributed by atoms with E-state index in [4.69, 9.17) is 4.74 Å². The quantitative estimate of drug-likeness (QED) is 0.299. The first-order valence-electron chi connectivity index (χ1n) is 10.7. The van der Waals surface area contributed by atoms with Gasteiger partial charge >= 0.3 is 5.97 Å². The van der Waals surface area contributed by atoms with Crippen LogP contribution in [0.4, 0.5) is 0 Å². The molecule has 0 spiro atoms. The summed E-state index contributed by atoms with van der Waals surface area (Å²) in [5, 5.41) is 10.2. The molecule has 1 heterocycles. The van der Waals surface area contributed by atoms with Crippen LogP contribution in [0.1, 0.15) is 83.1 Å². The molecule has 27 heavy (non-hydrogen) atoms. The van der Waals surface area contributed by atoms with Gasteiger partial charge in [0.15, 0.2) is 0 Å². The van der Waals surface area contributed by atoms with Crippen molar-refractivity contribution in [3.63, 3.8) is 0 Å². The van der Waals surface area contributed by atoms with Crippen molar-refractivity contribution >= 4 is 17.7 Å². The second-order valence-corrected chi connectivity index (χ2v) is 8.83. The molecule has 1 aromatic rings. The highest BCUT2D eigenvalue weighted by Gasteiger charge is 2.43. The average Bonchev–Trinajstić information content (AvgIpc) is 2.67. The number of rotatable bonds is 15. The minimum Gasteiger partial charge on any atom is -0.460 e. The van der Waals surface area contributed by atoms with Crippen LogP contribution >= 0.6 is 11.8 Å². The van der Waals surface area contributed by atoms with E-state index >= 15 is 0 Å². The van der Waals surface area contributed by atoms with Gasteiger partial charge in [-0.1, -0.05) is 95.0 Å². The van der Waals surface area contributed by atoms with E-state index in [1.807, 2.05) is 18.2 Å². The first-order valence-corrected chi connectivity index (χ1v) is 11.8. The van der Waals surface area contributed by atoms with Gasteiger partial charge in [0.25, 0.3) is 0 Å². The molecule has 0 unspecified atom stereocenters. The Labute approximate surface area is 169 Å². The second-order valence-electron chi connectivity index (χ2n) is 7.70. The zero-order valence-corrected chi connectivity index (χ0v) is 17.6. The summed E-state index contributed by atoms with van der Waals surface area (Å²) >= 11 is 1.63. The zero-order chi connectivity index (χ0) is 19.3. The predicted octanol–water partition coefficient (Wildman–Crippen LogP) is 5.89. The van der Waals surface area contributed by atoms with E-state index in [1.54, 1.807) is 11.8 Å². The summed E-state index contributed by atoms with van der Waals surface area (Å²) in [6.07, 6.45) is 12.5. The summed E-state index contributed by atoms with van der Waals surface area (Å²) in [5.41, 5.74) is 1.22. The number of ether oxygens (including phenoxy) is 1. The summed E-state index contributed by atoms with van der Waals surface area (Å²) < 4.78 is 5.28. The Balaban J connectivity index is 1.52. The summed E-state index contributed by atoms with van der Waals surface area (Å²) in [4.78, 5) is 11.7. The molecule has 152 valence electrons. The van der Waals surface area contributed by atoms with Crippen molar-refractivity contribution < 1.29 is 14.6 Å². The molecule has 1 aliphatic rings. The third kappa shape index (κ3) is 8.69. The third-order valence-corrected chi connectivity index (χ3v) is 6.61. The van der Waals surface area contributed by atoms with Crippen molar-refractivity contribution in [3.05, 3.63) is 35.9 Å². The van der Waals surface area contributed by atoms with Gasteiger partial charge in [0.1, 0.15) is 11.4 Å². The molecule has 4 heteroatoms. The minimum atomic E-state index is -0.354. The van der Waals surface area contributed by atoms with Crippen LogP contribution in [0.5, 0.6) is 0 Å². The highest BCUT2D eigenvalue weighted by atomic mass is 32.2. The normalized spacial score (nSPS) is 20.1. The molecule has 0 aromatic heterocycles. The predicted molar refractivity (Wildman–Crippen MR) is 114 cm³/mol. The third-order valence-electron chi connectivity index (χ3n) is 5.26. The Morgan fingerprint density at radius 2 is 1.63 bits per heavy atom. The second kappa shape index (κ2) is 13.2. The number of carbonyl (C=O) groups excluding carboxylic acids is 1. The van der Waals surface area contributed by atoms with E-state index in [9.17, 15) is 9.90 Å². The lowest BCUT2D eigenvalue weighted by molar-refractivity contribution is -0.169. The Morgan fingerprint density at radius 1 is 1.00 bits per heavy atom. The van der Waals surface area contributed by atoms with Crippen molar-refractivity contribution in [1.82, 2.24) is 0 Å². The van der Waals surface area contributed by atoms with Gasteiger partial charge in [0.05, 0.1) is 6.10 Å². The number of hydrogen-bond donors (Lipinski definition) is 1. The lowest BCUT2D eigenvalue weighted by Crippen LogP contribution is -2.49. The minimum absolute atomic E-state index is 0.122. The molecule has 1 aromatic carbocycles. The van der Waals surface area contributed by atoms with Crippen molar-refractivity contribution in [3.8, 4) is 0 Å². The maximum Gasteiger partial charge on any atom is 0.323 e. The molecule has 0 bridgehead atoms. The summed E-state index contributed by atoms with van der Waals surface area (Å²) in [6, 6.07) is 10.2. The molecule has 0 amide bonds. The number of thioether (sulfide) groups is 1. The smallest absolute Gasteiger partial charge is 0.323 e. The van der Waals surface area contributed by atoms with Gasteiger partial charge in [-0.3, -0.25) is 4.79 Å². The average molecular weight is 393 g/mol. The molecule has 3 atom stereocenters. The number of benzene rings is 1. The maximum absolute atomic E-state index is 11.7. The van der Waals surface area contributed by atoms with Crippen LogP contribution in [-0.4, -0.2) is 28.5 Å². The van der Waals surface area contributed by atoms with Crippen molar-refractivity contribution in [2.24, 2.45) is 0 Å². The van der Waals surface area contributed by atoms with E-state index in [0.717, 1.165) is 18.6 Å². The first-order chi connectivity index (χ1) is 13.2. The number of aliphatic hydroxyl groups is 1. The van der Waals surface area contributed by atoms with Crippen LogP contribution in [0.25, 0.3) is 0 Å². The number of aliphatic hydroxyl groups excluding tert-OH is 1. The lowest BCUT2D eigenvalue weighted by Gasteiger charge is -2.35. The largest absolute Gasteiger partial charge is 0.460 e. The standard InChI is InChI=1S/C23H36O3S/c1-2-3-4-5-6-7-8-9-13-16-20(24)17-21-22(23(25)26-21)27-18-19-14-11-10-12-15-19/h10-12,14-15,20-22,24H,2-9,13,16-18H2,1H3/t20-,21+,22+/m0/s1. The molecule has 1 aliphatic heterocycles. The van der Waals surface area contributed by atoms with Crippen LogP contribution in [0.2, 0.25) is 0 Å². The number of esters is 1. The van der Waals surface area contributed by atoms with Gasteiger partial charge in [-0.2, -0.15) is 0 Å². The lowest BCUT2D eigenvalue weighted by atomic mass is 9.99. The van der Waals surface area contributed by atoms with Crippen molar-refractivity contribution in [1.29, 1.82) is 0 Å². The fraction of sp³-hybridized carbons (Fsp3) is 0.696. The topological polar surface area (TPSA) is 46.5 Å². The number of unbranched alkanes of at least 4 members (excludes halogenated alkanes) is 8. The van der Waals surface area contributed by atoms with Crippen LogP contribution in [0, 0.1) is 0 Å². The van der Waals surface area contributed by atoms with Crippen LogP contribution in [0.3, 0.4) is 0 Å². The number of hydrogen-bond acceptors (Lipinski definition) is 4. The van der Waals surface area contributed by atoms with E-state index < -0.39 is 0 Å². The first kappa shape index (κ1) is 22.3. The molecule has 0 aliphatic carbocycles. The van der Waals surface area contributed by atoms with E-state index in [-0.39, 0.29) is 23.4 Å². The maximum atomic E-state index is 11.7. The van der Waals surface area contributed by atoms with Gasteiger partial charge in [-0.15, -0.1) is 11.8 Å². The molecule has 0 radical (unpaired) electrons. The van der Waals surface area contributed by atoms with E-state index in [1.165, 1.54) is 56.9 Å². The van der Waals surface area contributed by atoms with Crippen molar-refractivity contribution in [2.75, 3.05) is 0 Å². The van der Waals surface area contributed by atoms with Crippen molar-refractivity contribution in [2.45, 2.75) is 101 Å². The molecular formula is C23H36O3S. The molecule has 1 fully saturated rings. The summed E-state index contributed by atoms with van der Waals surface area (Å²) in [5.74, 6) is 0.682. The fourth-order valence-electron chi connectivity index (χ4n) is 3.54. The molecule has 2 rings (SSSR count). The van der Waals surface area contributed by atoms with Gasteiger partial charge in [-0.25, -0.2) is 0 Å². The van der Waals surface area contributed by atoms with Crippen LogP contribution in [-0.2, 0) is 15.3 Å². The highest BCUT2D eigenvalue weighted by Crippen LogP contribution is 2.33. The van der Waals surface area contributed by atoms with E-state index in [2.05, 4.69) is 19.1 Å². The summed E-state index contributed by atoms with van der Waals surface area (Å²) in [6.45, 7) is 2.25. The summed E-state index contributed by atoms with van der Waals surface area (Å²) in [7, 11) is 0. The van der Waals surface area contributed by atoms with E-state index in [0.29, 0.717) is 6.42 Å². The fourth-order valence-corrected chi connectivity index (χ4v) is 4.68. The Kier molecular flexibility index (Phi) is 10.9. The molecular weight excluding hydrogens is 356 g/mol. The van der Waals surface area contributed by atoms with Crippen LogP contribution < -0.4 is 0 Å². The van der Waals surface area contributed by atoms with Gasteiger partial charge in [-0.05, 0) is 12.0 Å². The molecule has 3 nitrogen and oxygen atoms in total. The van der Waals surface area contributed by atoms with Crippen LogP contribution in [0.15, 0.2) is 30.3 Å². The van der Waals surface area contributed by atoms with Gasteiger partial charge in [0.2, 0.25) is 0 Å². The highest BCUT2D eigenvalue weighted by molar-refractivity contribution is 8.00. The molecule has 1 saturated heterocycles. The van der Waals surface area contributed by atoms with Gasteiger partial charge in [0, 0.05) is 12.2 Å². The Hall–Kier alpha value is -1.00.